The highest BCUT2D eigenvalue weighted by Crippen LogP contribution is 2.27. The zero-order valence-electron chi connectivity index (χ0n) is 12.4. The number of benzene rings is 2. The van der Waals surface area contributed by atoms with E-state index >= 15 is 0 Å². The fraction of sp³-hybridized carbons (Fsp3) is 0.294. The van der Waals surface area contributed by atoms with Crippen molar-refractivity contribution in [1.82, 2.24) is 5.32 Å². The van der Waals surface area contributed by atoms with E-state index in [4.69, 9.17) is 0 Å². The van der Waals surface area contributed by atoms with Gasteiger partial charge in [0.2, 0.25) is 0 Å². The highest BCUT2D eigenvalue weighted by atomic mass is 35.5. The molecule has 0 unspecified atom stereocenters. The summed E-state index contributed by atoms with van der Waals surface area (Å²) < 4.78 is 14.0. The van der Waals surface area contributed by atoms with Crippen LogP contribution < -0.4 is 5.32 Å². The lowest BCUT2D eigenvalue weighted by atomic mass is 9.95. The summed E-state index contributed by atoms with van der Waals surface area (Å²) in [7, 11) is 1.94. The van der Waals surface area contributed by atoms with Crippen LogP contribution in [0.3, 0.4) is 0 Å². The maximum atomic E-state index is 14.0. The Hall–Kier alpha value is -1.38. The van der Waals surface area contributed by atoms with Gasteiger partial charge in [-0.3, -0.25) is 0 Å². The van der Waals surface area contributed by atoms with Gasteiger partial charge in [0, 0.05) is 12.1 Å². The largest absolute Gasteiger partial charge is 0.316 e. The first-order valence-electron chi connectivity index (χ1n) is 6.54. The molecule has 0 spiro atoms. The molecule has 108 valence electrons. The fourth-order valence-corrected chi connectivity index (χ4v) is 2.46. The van der Waals surface area contributed by atoms with Crippen LogP contribution >= 0.6 is 12.4 Å². The van der Waals surface area contributed by atoms with E-state index in [0.717, 1.165) is 17.7 Å². The SMILES string of the molecule is CNCc1c(C)cc(-c2ccc(C)cc2F)cc1C.Cl. The van der Waals surface area contributed by atoms with Gasteiger partial charge in [0.05, 0.1) is 0 Å². The maximum absolute atomic E-state index is 14.0. The van der Waals surface area contributed by atoms with E-state index in [1.54, 1.807) is 6.07 Å². The minimum Gasteiger partial charge on any atom is -0.316 e. The highest BCUT2D eigenvalue weighted by Gasteiger charge is 2.09. The molecule has 0 aromatic heterocycles. The zero-order chi connectivity index (χ0) is 14.0. The van der Waals surface area contributed by atoms with E-state index in [1.165, 1.54) is 16.7 Å². The third-order valence-electron chi connectivity index (χ3n) is 3.49. The smallest absolute Gasteiger partial charge is 0.131 e. The molecule has 20 heavy (non-hydrogen) atoms. The average Bonchev–Trinajstić information content (AvgIpc) is 2.33. The Kier molecular flexibility index (Phi) is 5.73. The molecule has 0 atom stereocenters. The molecule has 1 nitrogen and oxygen atoms in total. The molecule has 0 amide bonds. The van der Waals surface area contributed by atoms with Crippen LogP contribution in [0.15, 0.2) is 30.3 Å². The lowest BCUT2D eigenvalue weighted by Gasteiger charge is -2.13. The number of aryl methyl sites for hydroxylation is 3. The van der Waals surface area contributed by atoms with Crippen molar-refractivity contribution in [1.29, 1.82) is 0 Å². The van der Waals surface area contributed by atoms with Crippen molar-refractivity contribution in [2.45, 2.75) is 27.3 Å². The summed E-state index contributed by atoms with van der Waals surface area (Å²) in [6, 6.07) is 9.52. The molecule has 3 heteroatoms. The maximum Gasteiger partial charge on any atom is 0.131 e. The van der Waals surface area contributed by atoms with Gasteiger partial charge < -0.3 is 5.32 Å². The van der Waals surface area contributed by atoms with E-state index < -0.39 is 0 Å². The summed E-state index contributed by atoms with van der Waals surface area (Å²) in [6.07, 6.45) is 0. The summed E-state index contributed by atoms with van der Waals surface area (Å²) in [6.45, 7) is 6.90. The Morgan fingerprint density at radius 1 is 1.00 bits per heavy atom. The number of hydrogen-bond donors (Lipinski definition) is 1. The monoisotopic (exact) mass is 293 g/mol. The number of nitrogens with one attached hydrogen (secondary N) is 1. The van der Waals surface area contributed by atoms with Crippen LogP contribution in [-0.4, -0.2) is 7.05 Å². The highest BCUT2D eigenvalue weighted by molar-refractivity contribution is 5.85. The van der Waals surface area contributed by atoms with Gasteiger partial charge >= 0.3 is 0 Å². The molecule has 2 aromatic rings. The number of rotatable bonds is 3. The third kappa shape index (κ3) is 3.38. The molecule has 2 aromatic carbocycles. The molecule has 0 aliphatic carbocycles. The van der Waals surface area contributed by atoms with Crippen molar-refractivity contribution in [3.05, 3.63) is 58.4 Å². The van der Waals surface area contributed by atoms with E-state index in [9.17, 15) is 4.39 Å². The van der Waals surface area contributed by atoms with Crippen molar-refractivity contribution >= 4 is 12.4 Å². The van der Waals surface area contributed by atoms with E-state index in [-0.39, 0.29) is 18.2 Å². The van der Waals surface area contributed by atoms with Crippen LogP contribution in [0.1, 0.15) is 22.3 Å². The molecule has 0 bridgehead atoms. The van der Waals surface area contributed by atoms with Gasteiger partial charge in [-0.1, -0.05) is 24.3 Å². The molecule has 0 aliphatic heterocycles. The van der Waals surface area contributed by atoms with E-state index in [1.807, 2.05) is 26.1 Å². The predicted molar refractivity (Wildman–Crippen MR) is 86.1 cm³/mol. The van der Waals surface area contributed by atoms with Gasteiger partial charge in [-0.2, -0.15) is 0 Å². The van der Waals surface area contributed by atoms with Crippen molar-refractivity contribution in [2.75, 3.05) is 7.05 Å². The second kappa shape index (κ2) is 6.87. The summed E-state index contributed by atoms with van der Waals surface area (Å²) >= 11 is 0. The van der Waals surface area contributed by atoms with Crippen LogP contribution in [0.5, 0.6) is 0 Å². The van der Waals surface area contributed by atoms with Gasteiger partial charge in [0.25, 0.3) is 0 Å². The topological polar surface area (TPSA) is 12.0 Å². The van der Waals surface area contributed by atoms with E-state index in [0.29, 0.717) is 5.56 Å². The summed E-state index contributed by atoms with van der Waals surface area (Å²) in [4.78, 5) is 0. The number of halogens is 2. The van der Waals surface area contributed by atoms with Gasteiger partial charge in [-0.05, 0) is 61.7 Å². The molecule has 1 N–H and O–H groups in total. The van der Waals surface area contributed by atoms with Crippen molar-refractivity contribution < 1.29 is 4.39 Å². The van der Waals surface area contributed by atoms with Crippen molar-refractivity contribution in [2.24, 2.45) is 0 Å². The van der Waals surface area contributed by atoms with Crippen LogP contribution in [0.2, 0.25) is 0 Å². The molecule has 0 aliphatic rings. The summed E-state index contributed by atoms with van der Waals surface area (Å²) in [5.41, 5.74) is 6.26. The van der Waals surface area contributed by atoms with E-state index in [2.05, 4.69) is 31.3 Å². The lowest BCUT2D eigenvalue weighted by Crippen LogP contribution is -2.08. The zero-order valence-corrected chi connectivity index (χ0v) is 13.2. The minimum absolute atomic E-state index is 0. The van der Waals surface area contributed by atoms with Crippen molar-refractivity contribution in [3.8, 4) is 11.1 Å². The Bertz CT molecular complexity index is 585. The fourth-order valence-electron chi connectivity index (χ4n) is 2.46. The lowest BCUT2D eigenvalue weighted by molar-refractivity contribution is 0.630. The molecular weight excluding hydrogens is 273 g/mol. The van der Waals surface area contributed by atoms with Crippen LogP contribution in [0.25, 0.3) is 11.1 Å². The Balaban J connectivity index is 0.00000200. The van der Waals surface area contributed by atoms with Crippen LogP contribution in [0, 0.1) is 26.6 Å². The molecule has 0 radical (unpaired) electrons. The van der Waals surface area contributed by atoms with Gasteiger partial charge in [0.1, 0.15) is 5.82 Å². The first kappa shape index (κ1) is 16.7. The van der Waals surface area contributed by atoms with Gasteiger partial charge in [-0.25, -0.2) is 4.39 Å². The van der Waals surface area contributed by atoms with Gasteiger partial charge in [0.15, 0.2) is 0 Å². The van der Waals surface area contributed by atoms with Gasteiger partial charge in [-0.15, -0.1) is 12.4 Å². The average molecular weight is 294 g/mol. The number of hydrogen-bond acceptors (Lipinski definition) is 1. The summed E-state index contributed by atoms with van der Waals surface area (Å²) in [5, 5.41) is 3.17. The molecule has 0 heterocycles. The third-order valence-corrected chi connectivity index (χ3v) is 3.49. The Labute approximate surface area is 126 Å². The predicted octanol–water partition coefficient (Wildman–Crippen LogP) is 4.56. The van der Waals surface area contributed by atoms with Crippen LogP contribution in [0.4, 0.5) is 4.39 Å². The molecule has 0 saturated heterocycles. The second-order valence-electron chi connectivity index (χ2n) is 5.10. The first-order valence-corrected chi connectivity index (χ1v) is 6.54. The second-order valence-corrected chi connectivity index (χ2v) is 5.10. The molecule has 2 rings (SSSR count). The van der Waals surface area contributed by atoms with Crippen LogP contribution in [-0.2, 0) is 6.54 Å². The Morgan fingerprint density at radius 2 is 1.60 bits per heavy atom. The molecular formula is C17H21ClFN. The summed E-state index contributed by atoms with van der Waals surface area (Å²) in [5.74, 6) is -0.153. The minimum atomic E-state index is -0.153. The Morgan fingerprint density at radius 3 is 2.10 bits per heavy atom. The molecule has 0 saturated carbocycles. The first-order chi connectivity index (χ1) is 9.02. The standard InChI is InChI=1S/C17H20FN.ClH/c1-11-5-6-15(17(18)7-11)14-8-12(2)16(10-19-4)13(3)9-14;/h5-9,19H,10H2,1-4H3;1H. The quantitative estimate of drug-likeness (QED) is 0.875. The van der Waals surface area contributed by atoms with Crippen molar-refractivity contribution in [3.63, 3.8) is 0 Å². The molecule has 0 fully saturated rings. The normalized spacial score (nSPS) is 10.2.